The summed E-state index contributed by atoms with van der Waals surface area (Å²) in [6.45, 7) is 6.38. The topological polar surface area (TPSA) is 69.7 Å². The molecule has 0 amide bonds. The lowest BCUT2D eigenvalue weighted by Gasteiger charge is -2.29. The van der Waals surface area contributed by atoms with E-state index in [4.69, 9.17) is 5.73 Å². The van der Waals surface area contributed by atoms with E-state index in [2.05, 4.69) is 20.8 Å². The van der Waals surface area contributed by atoms with Gasteiger partial charge in [-0.05, 0) is 36.0 Å². The summed E-state index contributed by atoms with van der Waals surface area (Å²) in [6.07, 6.45) is -0.158. The molecule has 0 radical (unpaired) electrons. The van der Waals surface area contributed by atoms with E-state index in [0.29, 0.717) is 24.2 Å². The first-order valence-corrected chi connectivity index (χ1v) is 6.35. The number of aliphatic hydroxyl groups is 2. The number of benzene rings is 1. The fourth-order valence-corrected chi connectivity index (χ4v) is 2.35. The Labute approximate surface area is 108 Å². The van der Waals surface area contributed by atoms with Crippen molar-refractivity contribution in [2.24, 2.45) is 0 Å². The van der Waals surface area contributed by atoms with Crippen LogP contribution < -0.4 is 10.6 Å². The summed E-state index contributed by atoms with van der Waals surface area (Å²) < 4.78 is 0. The lowest BCUT2D eigenvalue weighted by molar-refractivity contribution is 0.140. The maximum atomic E-state index is 9.88. The SMILES string of the molecule is CC(C)(C)c1ccc(N2C(O)CCC2O)c(N)c1. The molecule has 1 aromatic carbocycles. The van der Waals surface area contributed by atoms with Crippen LogP contribution in [0.1, 0.15) is 39.2 Å². The molecule has 2 rings (SSSR count). The smallest absolute Gasteiger partial charge is 0.129 e. The highest BCUT2D eigenvalue weighted by Crippen LogP contribution is 2.35. The van der Waals surface area contributed by atoms with Gasteiger partial charge in [-0.2, -0.15) is 0 Å². The molecular weight excluding hydrogens is 228 g/mol. The lowest BCUT2D eigenvalue weighted by atomic mass is 9.86. The molecule has 1 heterocycles. The van der Waals surface area contributed by atoms with Crippen LogP contribution in [0.2, 0.25) is 0 Å². The van der Waals surface area contributed by atoms with Gasteiger partial charge in [0.15, 0.2) is 0 Å². The van der Waals surface area contributed by atoms with Crippen molar-refractivity contribution in [1.29, 1.82) is 0 Å². The molecule has 1 saturated heterocycles. The molecule has 1 aromatic rings. The zero-order valence-electron chi connectivity index (χ0n) is 11.2. The first kappa shape index (κ1) is 13.2. The molecule has 1 aliphatic rings. The van der Waals surface area contributed by atoms with Crippen molar-refractivity contribution in [3.8, 4) is 0 Å². The summed E-state index contributed by atoms with van der Waals surface area (Å²) >= 11 is 0. The predicted molar refractivity (Wildman–Crippen MR) is 73.3 cm³/mol. The minimum atomic E-state index is -0.650. The standard InChI is InChI=1S/C14H22N2O2/c1-14(2,3)9-4-5-11(10(15)8-9)16-12(17)6-7-13(16)18/h4-5,8,12-13,17-18H,6-7,15H2,1-3H3. The summed E-state index contributed by atoms with van der Waals surface area (Å²) in [6, 6.07) is 5.81. The Balaban J connectivity index is 2.36. The van der Waals surface area contributed by atoms with Crippen LogP contribution in [0.15, 0.2) is 18.2 Å². The Bertz CT molecular complexity index is 430. The molecule has 1 aliphatic heterocycles. The molecule has 100 valence electrons. The van der Waals surface area contributed by atoms with E-state index in [9.17, 15) is 10.2 Å². The number of nitrogens with zero attached hydrogens (tertiary/aromatic N) is 1. The molecule has 2 atom stereocenters. The summed E-state index contributed by atoms with van der Waals surface area (Å²) in [5, 5.41) is 19.8. The molecule has 4 N–H and O–H groups in total. The van der Waals surface area contributed by atoms with Gasteiger partial charge in [-0.3, -0.25) is 0 Å². The third kappa shape index (κ3) is 2.31. The van der Waals surface area contributed by atoms with E-state index in [1.807, 2.05) is 18.2 Å². The molecule has 0 saturated carbocycles. The van der Waals surface area contributed by atoms with Gasteiger partial charge in [0.25, 0.3) is 0 Å². The van der Waals surface area contributed by atoms with Crippen molar-refractivity contribution < 1.29 is 10.2 Å². The number of nitrogens with two attached hydrogens (primary N) is 1. The summed E-state index contributed by atoms with van der Waals surface area (Å²) in [7, 11) is 0. The molecule has 4 nitrogen and oxygen atoms in total. The third-order valence-corrected chi connectivity index (χ3v) is 3.50. The highest BCUT2D eigenvalue weighted by atomic mass is 16.3. The molecule has 2 unspecified atom stereocenters. The van der Waals surface area contributed by atoms with Gasteiger partial charge in [0, 0.05) is 0 Å². The highest BCUT2D eigenvalue weighted by molar-refractivity contribution is 5.69. The van der Waals surface area contributed by atoms with Gasteiger partial charge in [0.05, 0.1) is 11.4 Å². The Morgan fingerprint density at radius 3 is 2.17 bits per heavy atom. The Morgan fingerprint density at radius 1 is 1.17 bits per heavy atom. The molecule has 0 aromatic heterocycles. The average Bonchev–Trinajstić information content (AvgIpc) is 2.58. The van der Waals surface area contributed by atoms with Gasteiger partial charge in [-0.1, -0.05) is 26.8 Å². The largest absolute Gasteiger partial charge is 0.397 e. The normalized spacial score (nSPS) is 24.6. The average molecular weight is 250 g/mol. The molecule has 18 heavy (non-hydrogen) atoms. The number of aliphatic hydroxyl groups excluding tert-OH is 2. The minimum absolute atomic E-state index is 0.0366. The van der Waals surface area contributed by atoms with E-state index < -0.39 is 12.5 Å². The molecule has 0 bridgehead atoms. The summed E-state index contributed by atoms with van der Waals surface area (Å²) in [4.78, 5) is 1.59. The lowest BCUT2D eigenvalue weighted by Crippen LogP contribution is -2.36. The number of anilines is 2. The van der Waals surface area contributed by atoms with Crippen molar-refractivity contribution in [3.63, 3.8) is 0 Å². The Hall–Kier alpha value is -1.26. The van der Waals surface area contributed by atoms with Crippen molar-refractivity contribution in [2.45, 2.75) is 51.5 Å². The van der Waals surface area contributed by atoms with Crippen LogP contribution in [0.5, 0.6) is 0 Å². The summed E-state index contributed by atoms with van der Waals surface area (Å²) in [5.41, 5.74) is 8.55. The maximum Gasteiger partial charge on any atom is 0.129 e. The summed E-state index contributed by atoms with van der Waals surface area (Å²) in [5.74, 6) is 0. The van der Waals surface area contributed by atoms with E-state index >= 15 is 0 Å². The predicted octanol–water partition coefficient (Wildman–Crippen LogP) is 1.80. The molecule has 0 aliphatic carbocycles. The van der Waals surface area contributed by atoms with E-state index in [1.165, 1.54) is 0 Å². The van der Waals surface area contributed by atoms with Crippen LogP contribution in [0.4, 0.5) is 11.4 Å². The zero-order valence-corrected chi connectivity index (χ0v) is 11.2. The number of nitrogen functional groups attached to an aromatic ring is 1. The molecule has 1 fully saturated rings. The second kappa shape index (κ2) is 4.44. The van der Waals surface area contributed by atoms with Crippen LogP contribution >= 0.6 is 0 Å². The second-order valence-corrected chi connectivity index (χ2v) is 5.97. The quantitative estimate of drug-likeness (QED) is 0.665. The number of hydrogen-bond acceptors (Lipinski definition) is 4. The molecular formula is C14H22N2O2. The van der Waals surface area contributed by atoms with E-state index in [0.717, 1.165) is 5.56 Å². The van der Waals surface area contributed by atoms with Gasteiger partial charge in [-0.15, -0.1) is 0 Å². The van der Waals surface area contributed by atoms with Crippen LogP contribution in [0, 0.1) is 0 Å². The fourth-order valence-electron chi connectivity index (χ4n) is 2.35. The molecule has 0 spiro atoms. The maximum absolute atomic E-state index is 9.88. The van der Waals surface area contributed by atoms with Crippen molar-refractivity contribution in [1.82, 2.24) is 0 Å². The first-order valence-electron chi connectivity index (χ1n) is 6.35. The molecule has 4 heteroatoms. The number of rotatable bonds is 1. The monoisotopic (exact) mass is 250 g/mol. The van der Waals surface area contributed by atoms with Gasteiger partial charge in [-0.25, -0.2) is 0 Å². The first-order chi connectivity index (χ1) is 8.30. The zero-order chi connectivity index (χ0) is 13.5. The Morgan fingerprint density at radius 2 is 1.72 bits per heavy atom. The van der Waals surface area contributed by atoms with E-state index in [1.54, 1.807) is 4.90 Å². The van der Waals surface area contributed by atoms with Crippen LogP contribution in [-0.4, -0.2) is 22.7 Å². The fraction of sp³-hybridized carbons (Fsp3) is 0.571. The second-order valence-electron chi connectivity index (χ2n) is 5.97. The van der Waals surface area contributed by atoms with Gasteiger partial charge in [0.2, 0.25) is 0 Å². The van der Waals surface area contributed by atoms with Crippen molar-refractivity contribution >= 4 is 11.4 Å². The number of hydrogen-bond donors (Lipinski definition) is 3. The van der Waals surface area contributed by atoms with Crippen molar-refractivity contribution in [2.75, 3.05) is 10.6 Å². The van der Waals surface area contributed by atoms with Crippen LogP contribution in [-0.2, 0) is 5.41 Å². The van der Waals surface area contributed by atoms with Crippen molar-refractivity contribution in [3.05, 3.63) is 23.8 Å². The third-order valence-electron chi connectivity index (χ3n) is 3.50. The minimum Gasteiger partial charge on any atom is -0.397 e. The highest BCUT2D eigenvalue weighted by Gasteiger charge is 2.32. The van der Waals surface area contributed by atoms with Crippen LogP contribution in [0.3, 0.4) is 0 Å². The Kier molecular flexibility index (Phi) is 3.25. The van der Waals surface area contributed by atoms with Crippen LogP contribution in [0.25, 0.3) is 0 Å². The van der Waals surface area contributed by atoms with Gasteiger partial charge in [0.1, 0.15) is 12.5 Å². The van der Waals surface area contributed by atoms with Gasteiger partial charge >= 0.3 is 0 Å². The van der Waals surface area contributed by atoms with E-state index in [-0.39, 0.29) is 5.41 Å². The van der Waals surface area contributed by atoms with Gasteiger partial charge < -0.3 is 20.8 Å².